The van der Waals surface area contributed by atoms with Crippen molar-refractivity contribution < 1.29 is 9.90 Å². The van der Waals surface area contributed by atoms with Crippen molar-refractivity contribution in [3.63, 3.8) is 0 Å². The van der Waals surface area contributed by atoms with Crippen LogP contribution in [0.4, 0.5) is 4.79 Å². The number of carbonyl (C=O) groups excluding carboxylic acids is 1. The van der Waals surface area contributed by atoms with Crippen LogP contribution in [0.15, 0.2) is 0 Å². The average molecular weight is 172 g/mol. The molecule has 0 unspecified atom stereocenters. The molecule has 4 nitrogen and oxygen atoms in total. The molecular weight excluding hydrogens is 156 g/mol. The van der Waals surface area contributed by atoms with E-state index in [4.69, 9.17) is 0 Å². The van der Waals surface area contributed by atoms with E-state index in [2.05, 4.69) is 5.32 Å². The lowest BCUT2D eigenvalue weighted by atomic mass is 9.98. The molecule has 2 N–H and O–H groups in total. The highest BCUT2D eigenvalue weighted by molar-refractivity contribution is 5.73. The molecule has 1 fully saturated rings. The molecule has 70 valence electrons. The van der Waals surface area contributed by atoms with Gasteiger partial charge in [0.1, 0.15) is 0 Å². The molecule has 0 saturated carbocycles. The van der Waals surface area contributed by atoms with Crippen LogP contribution in [0, 0.1) is 5.92 Å². The molecule has 0 bridgehead atoms. The summed E-state index contributed by atoms with van der Waals surface area (Å²) < 4.78 is 0. The first-order valence-corrected chi connectivity index (χ1v) is 4.28. The number of nitrogens with one attached hydrogen (secondary N) is 1. The van der Waals surface area contributed by atoms with Crippen LogP contribution in [0.5, 0.6) is 0 Å². The number of hydrogen-bond acceptors (Lipinski definition) is 2. The lowest BCUT2D eigenvalue weighted by Gasteiger charge is -2.33. The number of piperidine rings is 1. The summed E-state index contributed by atoms with van der Waals surface area (Å²) in [5, 5.41) is 11.9. The molecule has 0 radical (unpaired) electrons. The van der Waals surface area contributed by atoms with Gasteiger partial charge in [0.05, 0.1) is 6.10 Å². The Morgan fingerprint density at radius 1 is 1.58 bits per heavy atom. The largest absolute Gasteiger partial charge is 0.391 e. The maximum absolute atomic E-state index is 11.2. The number of β-amino-alcohol motifs (C(OH)–C–C–N with tert-alkyl or cyclic N) is 1. The highest BCUT2D eigenvalue weighted by Gasteiger charge is 2.25. The molecule has 1 heterocycles. The minimum Gasteiger partial charge on any atom is -0.391 e. The smallest absolute Gasteiger partial charge is 0.317 e. The third-order valence-electron chi connectivity index (χ3n) is 2.14. The zero-order valence-electron chi connectivity index (χ0n) is 7.58. The van der Waals surface area contributed by atoms with Gasteiger partial charge in [0.25, 0.3) is 0 Å². The summed E-state index contributed by atoms with van der Waals surface area (Å²) in [5.74, 6) is 0.394. The standard InChI is InChI=1S/C8H16N2O2/c1-6-3-7(11)5-10(4-6)8(12)9-2/h6-7,11H,3-5H2,1-2H3,(H,9,12)/t6-,7+/m0/s1. The second-order valence-corrected chi connectivity index (χ2v) is 3.45. The fraction of sp³-hybridized carbons (Fsp3) is 0.875. The fourth-order valence-corrected chi connectivity index (χ4v) is 1.64. The van der Waals surface area contributed by atoms with Gasteiger partial charge in [-0.3, -0.25) is 0 Å². The molecule has 0 aromatic heterocycles. The van der Waals surface area contributed by atoms with E-state index >= 15 is 0 Å². The molecule has 2 atom stereocenters. The molecule has 1 saturated heterocycles. The van der Waals surface area contributed by atoms with Gasteiger partial charge in [0.15, 0.2) is 0 Å². The van der Waals surface area contributed by atoms with Gasteiger partial charge in [0, 0.05) is 20.1 Å². The number of aliphatic hydroxyl groups is 1. The topological polar surface area (TPSA) is 52.6 Å². The van der Waals surface area contributed by atoms with Gasteiger partial charge in [-0.25, -0.2) is 4.79 Å². The first-order valence-electron chi connectivity index (χ1n) is 4.28. The van der Waals surface area contributed by atoms with Crippen LogP contribution >= 0.6 is 0 Å². The van der Waals surface area contributed by atoms with E-state index in [1.165, 1.54) is 0 Å². The number of hydrogen-bond donors (Lipinski definition) is 2. The molecule has 1 aliphatic rings. The summed E-state index contributed by atoms with van der Waals surface area (Å²) in [5.41, 5.74) is 0. The molecule has 4 heteroatoms. The van der Waals surface area contributed by atoms with E-state index in [-0.39, 0.29) is 12.1 Å². The molecule has 1 aliphatic heterocycles. The zero-order valence-corrected chi connectivity index (χ0v) is 7.58. The second-order valence-electron chi connectivity index (χ2n) is 3.45. The predicted octanol–water partition coefficient (Wildman–Crippen LogP) is 0.0285. The van der Waals surface area contributed by atoms with Crippen LogP contribution in [0.25, 0.3) is 0 Å². The van der Waals surface area contributed by atoms with E-state index in [0.29, 0.717) is 12.5 Å². The van der Waals surface area contributed by atoms with E-state index in [1.807, 2.05) is 6.92 Å². The van der Waals surface area contributed by atoms with Gasteiger partial charge in [-0.2, -0.15) is 0 Å². The van der Waals surface area contributed by atoms with Crippen LogP contribution in [0.1, 0.15) is 13.3 Å². The van der Waals surface area contributed by atoms with Crippen molar-refractivity contribution >= 4 is 6.03 Å². The Balaban J connectivity index is 2.49. The van der Waals surface area contributed by atoms with Gasteiger partial charge in [-0.05, 0) is 12.3 Å². The third-order valence-corrected chi connectivity index (χ3v) is 2.14. The summed E-state index contributed by atoms with van der Waals surface area (Å²) in [6.45, 7) is 3.25. The highest BCUT2D eigenvalue weighted by atomic mass is 16.3. The van der Waals surface area contributed by atoms with Crippen molar-refractivity contribution in [1.29, 1.82) is 0 Å². The minimum absolute atomic E-state index is 0.0967. The van der Waals surface area contributed by atoms with Gasteiger partial charge < -0.3 is 15.3 Å². The SMILES string of the molecule is CNC(=O)N1C[C@@H](C)C[C@@H](O)C1. The maximum atomic E-state index is 11.2. The Kier molecular flexibility index (Phi) is 2.92. The van der Waals surface area contributed by atoms with Gasteiger partial charge in [0.2, 0.25) is 0 Å². The van der Waals surface area contributed by atoms with Crippen LogP contribution in [0.3, 0.4) is 0 Å². The van der Waals surface area contributed by atoms with E-state index in [1.54, 1.807) is 11.9 Å². The second kappa shape index (κ2) is 3.76. The van der Waals surface area contributed by atoms with Crippen LogP contribution in [-0.4, -0.2) is 42.3 Å². The normalized spacial score (nSPS) is 30.1. The predicted molar refractivity (Wildman–Crippen MR) is 45.8 cm³/mol. The van der Waals surface area contributed by atoms with Crippen molar-refractivity contribution in [2.45, 2.75) is 19.4 Å². The van der Waals surface area contributed by atoms with Crippen molar-refractivity contribution in [2.24, 2.45) is 5.92 Å². The number of urea groups is 1. The molecule has 0 aromatic rings. The van der Waals surface area contributed by atoms with Gasteiger partial charge in [-0.1, -0.05) is 6.92 Å². The first kappa shape index (κ1) is 9.32. The van der Waals surface area contributed by atoms with Gasteiger partial charge >= 0.3 is 6.03 Å². The first-order chi connectivity index (χ1) is 5.63. The average Bonchev–Trinajstić information content (AvgIpc) is 2.01. The van der Waals surface area contributed by atoms with E-state index < -0.39 is 0 Å². The summed E-state index contributed by atoms with van der Waals surface area (Å²) in [6.07, 6.45) is 0.444. The quantitative estimate of drug-likeness (QED) is 0.541. The Hall–Kier alpha value is -0.770. The number of likely N-dealkylation sites (tertiary alicyclic amines) is 1. The summed E-state index contributed by atoms with van der Waals surface area (Å²) in [4.78, 5) is 12.8. The number of aliphatic hydroxyl groups excluding tert-OH is 1. The molecule has 0 aromatic carbocycles. The lowest BCUT2D eigenvalue weighted by Crippen LogP contribution is -2.48. The summed E-state index contributed by atoms with van der Waals surface area (Å²) >= 11 is 0. The third kappa shape index (κ3) is 2.11. The Labute approximate surface area is 72.6 Å². The number of amides is 2. The minimum atomic E-state index is -0.356. The molecule has 12 heavy (non-hydrogen) atoms. The van der Waals surface area contributed by atoms with Crippen LogP contribution < -0.4 is 5.32 Å². The van der Waals surface area contributed by atoms with E-state index in [0.717, 1.165) is 13.0 Å². The molecular formula is C8H16N2O2. The van der Waals surface area contributed by atoms with Crippen molar-refractivity contribution in [2.75, 3.05) is 20.1 Å². The van der Waals surface area contributed by atoms with Crippen LogP contribution in [-0.2, 0) is 0 Å². The Morgan fingerprint density at radius 2 is 2.25 bits per heavy atom. The lowest BCUT2D eigenvalue weighted by molar-refractivity contribution is 0.0610. The van der Waals surface area contributed by atoms with Crippen molar-refractivity contribution in [1.82, 2.24) is 10.2 Å². The molecule has 2 amide bonds. The summed E-state index contributed by atoms with van der Waals surface area (Å²) in [6, 6.07) is -0.0967. The molecule has 1 rings (SSSR count). The van der Waals surface area contributed by atoms with E-state index in [9.17, 15) is 9.90 Å². The molecule has 0 aliphatic carbocycles. The monoisotopic (exact) mass is 172 g/mol. The van der Waals surface area contributed by atoms with Crippen molar-refractivity contribution in [3.05, 3.63) is 0 Å². The summed E-state index contributed by atoms with van der Waals surface area (Å²) in [7, 11) is 1.61. The van der Waals surface area contributed by atoms with Crippen molar-refractivity contribution in [3.8, 4) is 0 Å². The van der Waals surface area contributed by atoms with Crippen LogP contribution in [0.2, 0.25) is 0 Å². The number of nitrogens with zero attached hydrogens (tertiary/aromatic N) is 1. The number of carbonyl (C=O) groups is 1. The van der Waals surface area contributed by atoms with Gasteiger partial charge in [-0.15, -0.1) is 0 Å². The number of rotatable bonds is 0. The Bertz CT molecular complexity index is 162. The fourth-order valence-electron chi connectivity index (χ4n) is 1.64. The zero-order chi connectivity index (χ0) is 9.14. The molecule has 0 spiro atoms. The maximum Gasteiger partial charge on any atom is 0.317 e. The highest BCUT2D eigenvalue weighted by Crippen LogP contribution is 2.15. The Morgan fingerprint density at radius 3 is 2.75 bits per heavy atom.